The largest absolute Gasteiger partial charge is 0.508 e. The van der Waals surface area contributed by atoms with E-state index in [2.05, 4.69) is 4.99 Å². The lowest BCUT2D eigenvalue weighted by atomic mass is 10.1. The first kappa shape index (κ1) is 15.0. The maximum absolute atomic E-state index is 11.4. The third kappa shape index (κ3) is 4.30. The summed E-state index contributed by atoms with van der Waals surface area (Å²) in [6.07, 6.45) is 0.860. The number of aliphatic imine (C=N–C) groups is 1. The smallest absolute Gasteiger partial charge is 0.312 e. The van der Waals surface area contributed by atoms with E-state index in [1.807, 2.05) is 0 Å². The van der Waals surface area contributed by atoms with Gasteiger partial charge in [-0.15, -0.1) is 0 Å². The fraction of sp³-hybridized carbons (Fsp3) is 0.400. The summed E-state index contributed by atoms with van der Waals surface area (Å²) in [5.74, 6) is -0.495. The zero-order chi connectivity index (χ0) is 15.2. The summed E-state index contributed by atoms with van der Waals surface area (Å²) in [6, 6.07) is 4.77. The number of carbonyl (C=O) groups is 2. The van der Waals surface area contributed by atoms with E-state index in [-0.39, 0.29) is 37.1 Å². The van der Waals surface area contributed by atoms with Crippen LogP contribution in [0.15, 0.2) is 23.2 Å². The van der Waals surface area contributed by atoms with E-state index in [1.165, 1.54) is 6.07 Å². The van der Waals surface area contributed by atoms with Crippen LogP contribution in [0.4, 0.5) is 5.69 Å². The van der Waals surface area contributed by atoms with Crippen molar-refractivity contribution in [1.82, 2.24) is 0 Å². The van der Waals surface area contributed by atoms with Crippen molar-refractivity contribution >= 4 is 23.3 Å². The maximum Gasteiger partial charge on any atom is 0.312 e. The number of nitrogens with zero attached hydrogens (tertiary/aromatic N) is 1. The number of cyclic esters (lactones) is 1. The van der Waals surface area contributed by atoms with Crippen LogP contribution in [0.5, 0.6) is 5.75 Å². The number of hydrogen-bond acceptors (Lipinski definition) is 6. The molecule has 0 unspecified atom stereocenters. The average molecular weight is 291 g/mol. The molecule has 0 bridgehead atoms. The Morgan fingerprint density at radius 1 is 1.48 bits per heavy atom. The van der Waals surface area contributed by atoms with Gasteiger partial charge in [-0.2, -0.15) is 0 Å². The maximum atomic E-state index is 11.4. The summed E-state index contributed by atoms with van der Waals surface area (Å²) >= 11 is 0. The third-order valence-corrected chi connectivity index (χ3v) is 3.00. The topological polar surface area (TPSA) is 85.2 Å². The number of ether oxygens (including phenoxy) is 2. The average Bonchev–Trinajstić information content (AvgIpc) is 2.83. The summed E-state index contributed by atoms with van der Waals surface area (Å²) in [4.78, 5) is 26.8. The Morgan fingerprint density at radius 2 is 2.29 bits per heavy atom. The summed E-state index contributed by atoms with van der Waals surface area (Å²) in [6.45, 7) is 2.28. The molecule has 0 radical (unpaired) electrons. The van der Waals surface area contributed by atoms with Crippen LogP contribution in [-0.2, 0) is 25.5 Å². The molecule has 1 N–H and O–H groups in total. The number of hydrogen-bond donors (Lipinski definition) is 1. The van der Waals surface area contributed by atoms with Gasteiger partial charge in [0, 0.05) is 12.5 Å². The zero-order valence-electron chi connectivity index (χ0n) is 11.8. The molecule has 112 valence electrons. The number of phenols is 1. The molecule has 1 aromatic rings. The predicted molar refractivity (Wildman–Crippen MR) is 75.7 cm³/mol. The second kappa shape index (κ2) is 6.88. The molecule has 0 amide bonds. The quantitative estimate of drug-likeness (QED) is 0.837. The first-order chi connectivity index (χ1) is 10.1. The lowest BCUT2D eigenvalue weighted by molar-refractivity contribution is -0.143. The summed E-state index contributed by atoms with van der Waals surface area (Å²) < 4.78 is 9.72. The third-order valence-electron chi connectivity index (χ3n) is 3.00. The van der Waals surface area contributed by atoms with Crippen molar-refractivity contribution in [2.75, 3.05) is 13.2 Å². The van der Waals surface area contributed by atoms with Crippen molar-refractivity contribution in [3.05, 3.63) is 23.8 Å². The van der Waals surface area contributed by atoms with Gasteiger partial charge in [0.2, 0.25) is 0 Å². The van der Waals surface area contributed by atoms with Crippen LogP contribution in [-0.4, -0.2) is 36.0 Å². The monoisotopic (exact) mass is 291 g/mol. The molecular formula is C15H17NO5. The van der Waals surface area contributed by atoms with Crippen molar-refractivity contribution in [2.24, 2.45) is 4.99 Å². The van der Waals surface area contributed by atoms with Crippen LogP contribution in [0.25, 0.3) is 0 Å². The van der Waals surface area contributed by atoms with Gasteiger partial charge >= 0.3 is 11.9 Å². The Balaban J connectivity index is 2.14. The van der Waals surface area contributed by atoms with Crippen LogP contribution in [0.1, 0.15) is 25.3 Å². The number of esters is 2. The lowest BCUT2D eigenvalue weighted by Crippen LogP contribution is -2.05. The minimum Gasteiger partial charge on any atom is -0.508 e. The summed E-state index contributed by atoms with van der Waals surface area (Å²) in [5.41, 5.74) is 1.98. The normalized spacial score (nSPS) is 16.0. The molecule has 2 rings (SSSR count). The number of aryl methyl sites for hydroxylation is 1. The van der Waals surface area contributed by atoms with Gasteiger partial charge < -0.3 is 14.6 Å². The molecule has 6 heteroatoms. The second-order valence-corrected chi connectivity index (χ2v) is 4.63. The van der Waals surface area contributed by atoms with Crippen molar-refractivity contribution in [1.29, 1.82) is 0 Å². The molecule has 1 heterocycles. The van der Waals surface area contributed by atoms with E-state index < -0.39 is 0 Å². The molecule has 0 aromatic heterocycles. The number of phenolic OH excluding ortho intramolecular Hbond substituents is 1. The van der Waals surface area contributed by atoms with Crippen molar-refractivity contribution < 1.29 is 24.2 Å². The molecule has 0 aliphatic carbocycles. The number of carbonyl (C=O) groups excluding carboxylic acids is 2. The van der Waals surface area contributed by atoms with Gasteiger partial charge in [0.25, 0.3) is 0 Å². The highest BCUT2D eigenvalue weighted by Crippen LogP contribution is 2.27. The van der Waals surface area contributed by atoms with E-state index in [1.54, 1.807) is 19.1 Å². The van der Waals surface area contributed by atoms with Crippen molar-refractivity contribution in [2.45, 2.75) is 26.2 Å². The fourth-order valence-electron chi connectivity index (χ4n) is 2.01. The molecule has 6 nitrogen and oxygen atoms in total. The molecule has 0 spiro atoms. The van der Waals surface area contributed by atoms with Crippen molar-refractivity contribution in [3.63, 3.8) is 0 Å². The first-order valence-corrected chi connectivity index (χ1v) is 6.78. The van der Waals surface area contributed by atoms with Crippen LogP contribution >= 0.6 is 0 Å². The molecule has 1 aromatic carbocycles. The van der Waals surface area contributed by atoms with Gasteiger partial charge in [-0.05, 0) is 25.0 Å². The summed E-state index contributed by atoms with van der Waals surface area (Å²) in [5, 5.41) is 9.57. The predicted octanol–water partition coefficient (Wildman–Crippen LogP) is 1.91. The molecule has 1 fully saturated rings. The van der Waals surface area contributed by atoms with E-state index in [9.17, 15) is 14.7 Å². The Morgan fingerprint density at radius 3 is 2.95 bits per heavy atom. The molecule has 21 heavy (non-hydrogen) atoms. The SMILES string of the molecule is CCOC(=O)CCc1ccc(O)cc1N=C1COC(=O)C1. The number of rotatable bonds is 5. The standard InChI is InChI=1S/C15H17NO5/c1-2-20-14(18)6-4-10-3-5-12(17)8-13(10)16-11-7-15(19)21-9-11/h3,5,8,17H,2,4,6-7,9H2,1H3. The second-order valence-electron chi connectivity index (χ2n) is 4.63. The molecule has 0 saturated carbocycles. The highest BCUT2D eigenvalue weighted by Gasteiger charge is 2.19. The zero-order valence-corrected chi connectivity index (χ0v) is 11.8. The molecule has 1 aliphatic rings. The molecular weight excluding hydrogens is 274 g/mol. The van der Waals surface area contributed by atoms with Crippen molar-refractivity contribution in [3.8, 4) is 5.75 Å². The lowest BCUT2D eigenvalue weighted by Gasteiger charge is -2.07. The van der Waals surface area contributed by atoms with E-state index in [0.717, 1.165) is 5.56 Å². The van der Waals surface area contributed by atoms with Crippen LogP contribution in [0, 0.1) is 0 Å². The molecule has 1 aliphatic heterocycles. The Bertz CT molecular complexity index is 579. The van der Waals surface area contributed by atoms with Gasteiger partial charge in [0.05, 0.1) is 24.4 Å². The number of benzene rings is 1. The van der Waals surface area contributed by atoms with Gasteiger partial charge in [0.1, 0.15) is 12.4 Å². The minimum absolute atomic E-state index is 0.0828. The Labute approximate surface area is 122 Å². The Kier molecular flexibility index (Phi) is 4.92. The van der Waals surface area contributed by atoms with Crippen LogP contribution in [0.3, 0.4) is 0 Å². The fourth-order valence-corrected chi connectivity index (χ4v) is 2.01. The van der Waals surface area contributed by atoms with Gasteiger partial charge in [-0.3, -0.25) is 14.6 Å². The molecule has 1 saturated heterocycles. The Hall–Kier alpha value is -2.37. The summed E-state index contributed by atoms with van der Waals surface area (Å²) in [7, 11) is 0. The van der Waals surface area contributed by atoms with E-state index >= 15 is 0 Å². The van der Waals surface area contributed by atoms with Gasteiger partial charge in [-0.25, -0.2) is 0 Å². The highest BCUT2D eigenvalue weighted by atomic mass is 16.5. The van der Waals surface area contributed by atoms with E-state index in [0.29, 0.717) is 24.4 Å². The first-order valence-electron chi connectivity index (χ1n) is 6.78. The van der Waals surface area contributed by atoms with Gasteiger partial charge in [-0.1, -0.05) is 6.07 Å². The minimum atomic E-state index is -0.304. The van der Waals surface area contributed by atoms with Crippen LogP contribution in [0.2, 0.25) is 0 Å². The number of aromatic hydroxyl groups is 1. The highest BCUT2D eigenvalue weighted by molar-refractivity contribution is 6.05. The molecule has 0 atom stereocenters. The van der Waals surface area contributed by atoms with E-state index in [4.69, 9.17) is 9.47 Å². The van der Waals surface area contributed by atoms with Gasteiger partial charge in [0.15, 0.2) is 0 Å². The van der Waals surface area contributed by atoms with Crippen LogP contribution < -0.4 is 0 Å².